The van der Waals surface area contributed by atoms with E-state index in [2.05, 4.69) is 17.2 Å². The Balaban J connectivity index is 1.36. The van der Waals surface area contributed by atoms with Crippen LogP contribution in [0, 0.1) is 17.8 Å². The molecule has 10 nitrogen and oxygen atoms in total. The largest absolute Gasteiger partial charge is 0.491 e. The highest BCUT2D eigenvalue weighted by molar-refractivity contribution is 6.12. The lowest BCUT2D eigenvalue weighted by Gasteiger charge is -2.46. The van der Waals surface area contributed by atoms with Gasteiger partial charge in [-0.1, -0.05) is 97.5 Å². The summed E-state index contributed by atoms with van der Waals surface area (Å²) in [6.07, 6.45) is 4.27. The maximum Gasteiger partial charge on any atom is 0.324 e. The Bertz CT molecular complexity index is 2100. The van der Waals surface area contributed by atoms with Gasteiger partial charge in [-0.25, -0.2) is 0 Å². The van der Waals surface area contributed by atoms with E-state index in [9.17, 15) is 24.6 Å². The average Bonchev–Trinajstić information content (AvgIpc) is 3.56. The Labute approximate surface area is 314 Å². The lowest BCUT2D eigenvalue weighted by atomic mass is 9.65. The fourth-order valence-corrected chi connectivity index (χ4v) is 9.24. The van der Waals surface area contributed by atoms with Crippen molar-refractivity contribution in [2.24, 2.45) is 11.7 Å². The topological polar surface area (TPSA) is 151 Å². The van der Waals surface area contributed by atoms with Gasteiger partial charge in [-0.3, -0.25) is 19.3 Å². The normalized spacial score (nSPS) is 27.1. The molecule has 5 N–H and O–H groups in total. The van der Waals surface area contributed by atoms with Crippen molar-refractivity contribution in [3.63, 3.8) is 0 Å². The maximum atomic E-state index is 15.0. The molecule has 4 aromatic rings. The number of aliphatic hydroxyl groups excluding tert-OH is 1. The summed E-state index contributed by atoms with van der Waals surface area (Å²) in [4.78, 5) is 45.6. The van der Waals surface area contributed by atoms with Crippen molar-refractivity contribution in [2.75, 3.05) is 18.5 Å². The second-order valence-electron chi connectivity index (χ2n) is 14.7. The molecule has 10 heteroatoms. The fourth-order valence-electron chi connectivity index (χ4n) is 9.24. The number of nitrogens with two attached hydrogens (primary N) is 1. The Morgan fingerprint density at radius 1 is 0.870 bits per heavy atom. The molecule has 0 radical (unpaired) electrons. The minimum atomic E-state index is -1.70. The summed E-state index contributed by atoms with van der Waals surface area (Å²) >= 11 is 0. The molecule has 54 heavy (non-hydrogen) atoms. The van der Waals surface area contributed by atoms with Gasteiger partial charge in [-0.05, 0) is 78.3 Å². The highest BCUT2D eigenvalue weighted by Gasteiger charge is 2.73. The number of fused-ring (bicyclic) bond motifs is 3. The van der Waals surface area contributed by atoms with E-state index in [0.29, 0.717) is 41.0 Å². The van der Waals surface area contributed by atoms with Crippen LogP contribution in [0.25, 0.3) is 0 Å². The maximum absolute atomic E-state index is 15.0. The number of nitrogens with one attached hydrogen (secondary N) is 1. The number of nitrogens with zero attached hydrogens (tertiary/aromatic N) is 1. The quantitative estimate of drug-likeness (QED) is 0.115. The molecule has 2 amide bonds. The Hall–Kier alpha value is -5.47. The van der Waals surface area contributed by atoms with E-state index >= 15 is 0 Å². The van der Waals surface area contributed by atoms with Crippen LogP contribution in [-0.2, 0) is 24.5 Å². The van der Waals surface area contributed by atoms with Crippen molar-refractivity contribution in [1.82, 2.24) is 4.90 Å². The number of carbonyl (C=O) groups is 3. The SMILES string of the molecule is NC(=O)C1C2C(=O)OC(c3ccccc3)C(c3ccccc3)N2C(c2ccc(OCCO)cc2)C12C(=O)Nc1ccc(C#CC3(O)CCCCCC3)cc12. The zero-order valence-electron chi connectivity index (χ0n) is 29.8. The van der Waals surface area contributed by atoms with Gasteiger partial charge in [0.1, 0.15) is 35.5 Å². The summed E-state index contributed by atoms with van der Waals surface area (Å²) in [5, 5.41) is 23.8. The van der Waals surface area contributed by atoms with Crippen molar-refractivity contribution >= 4 is 23.5 Å². The third-order valence-corrected chi connectivity index (χ3v) is 11.5. The molecule has 3 aliphatic heterocycles. The number of aliphatic hydroxyl groups is 2. The summed E-state index contributed by atoms with van der Waals surface area (Å²) in [5.41, 5.74) is 7.31. The molecule has 0 bridgehead atoms. The lowest BCUT2D eigenvalue weighted by Crippen LogP contribution is -2.53. The van der Waals surface area contributed by atoms with Crippen LogP contribution >= 0.6 is 0 Å². The van der Waals surface area contributed by atoms with Crippen LogP contribution < -0.4 is 15.8 Å². The molecule has 1 spiro atoms. The molecule has 3 heterocycles. The molecule has 2 saturated heterocycles. The molecule has 1 aliphatic carbocycles. The molecule has 8 rings (SSSR count). The standard InChI is InChI=1S/C44H43N3O7/c45-40(49)35-37-41(50)54-38(30-13-7-4-8-14-30)36(29-11-5-3-6-12-29)47(37)39(31-16-18-32(19-17-31)53-26-25-48)44(35)33-27-28(15-20-34(33)46-42(44)51)21-24-43(52)22-9-1-2-10-23-43/h3-8,11-20,27,35-39,48,52H,1-2,9-10,22-23,25-26H2,(H2,45,49)(H,46,51). The van der Waals surface area contributed by atoms with Crippen LogP contribution in [0.15, 0.2) is 103 Å². The van der Waals surface area contributed by atoms with Crippen LogP contribution in [0.1, 0.15) is 84.5 Å². The minimum Gasteiger partial charge on any atom is -0.491 e. The van der Waals surface area contributed by atoms with Crippen molar-refractivity contribution in [3.05, 3.63) is 131 Å². The average molecular weight is 726 g/mol. The number of carbonyl (C=O) groups excluding carboxylic acids is 3. The van der Waals surface area contributed by atoms with Gasteiger partial charge < -0.3 is 30.7 Å². The lowest BCUT2D eigenvalue weighted by molar-refractivity contribution is -0.178. The van der Waals surface area contributed by atoms with Gasteiger partial charge in [0.25, 0.3) is 0 Å². The predicted molar refractivity (Wildman–Crippen MR) is 201 cm³/mol. The molecule has 4 aliphatic rings. The first-order valence-corrected chi connectivity index (χ1v) is 18.7. The summed E-state index contributed by atoms with van der Waals surface area (Å²) in [5.74, 6) is 3.55. The predicted octanol–water partition coefficient (Wildman–Crippen LogP) is 5.25. The molecule has 1 saturated carbocycles. The molecule has 3 fully saturated rings. The first-order valence-electron chi connectivity index (χ1n) is 18.7. The van der Waals surface area contributed by atoms with Crippen molar-refractivity contribution < 1.29 is 34.1 Å². The number of benzene rings is 4. The van der Waals surface area contributed by atoms with Gasteiger partial charge in [0.2, 0.25) is 11.8 Å². The molecule has 6 unspecified atom stereocenters. The van der Waals surface area contributed by atoms with Crippen LogP contribution in [-0.4, -0.2) is 57.8 Å². The van der Waals surface area contributed by atoms with Crippen molar-refractivity contribution in [2.45, 2.75) is 73.8 Å². The van der Waals surface area contributed by atoms with Crippen LogP contribution in [0.3, 0.4) is 0 Å². The number of amides is 2. The van der Waals surface area contributed by atoms with Crippen LogP contribution in [0.4, 0.5) is 5.69 Å². The number of primary amides is 1. The van der Waals surface area contributed by atoms with E-state index in [4.69, 9.17) is 15.2 Å². The number of hydrogen-bond acceptors (Lipinski definition) is 8. The molecule has 6 atom stereocenters. The van der Waals surface area contributed by atoms with Gasteiger partial charge in [0, 0.05) is 11.3 Å². The van der Waals surface area contributed by atoms with Gasteiger partial charge >= 0.3 is 5.97 Å². The highest BCUT2D eigenvalue weighted by atomic mass is 16.6. The molecular formula is C44H43N3O7. The molecule has 276 valence electrons. The monoisotopic (exact) mass is 725 g/mol. The van der Waals surface area contributed by atoms with Crippen LogP contribution in [0.5, 0.6) is 5.75 Å². The van der Waals surface area contributed by atoms with E-state index in [0.717, 1.165) is 36.8 Å². The number of ether oxygens (including phenoxy) is 2. The van der Waals surface area contributed by atoms with Gasteiger partial charge in [0.05, 0.1) is 24.6 Å². The second kappa shape index (κ2) is 14.4. The summed E-state index contributed by atoms with van der Waals surface area (Å²) in [7, 11) is 0. The highest BCUT2D eigenvalue weighted by Crippen LogP contribution is 2.64. The first-order chi connectivity index (χ1) is 26.2. The third-order valence-electron chi connectivity index (χ3n) is 11.5. The molecule has 4 aromatic carbocycles. The van der Waals surface area contributed by atoms with Gasteiger partial charge in [-0.2, -0.15) is 0 Å². The number of hydrogen-bond donors (Lipinski definition) is 4. The first kappa shape index (κ1) is 35.6. The smallest absolute Gasteiger partial charge is 0.324 e. The second-order valence-corrected chi connectivity index (χ2v) is 14.7. The van der Waals surface area contributed by atoms with E-state index < -0.39 is 58.9 Å². The van der Waals surface area contributed by atoms with E-state index in [1.54, 1.807) is 30.3 Å². The van der Waals surface area contributed by atoms with E-state index in [1.807, 2.05) is 77.7 Å². The zero-order valence-corrected chi connectivity index (χ0v) is 29.8. The Kier molecular flexibility index (Phi) is 9.48. The number of cyclic esters (lactones) is 1. The Morgan fingerprint density at radius 2 is 1.54 bits per heavy atom. The van der Waals surface area contributed by atoms with E-state index in [-0.39, 0.29) is 13.2 Å². The number of morpholine rings is 1. The molecule has 0 aromatic heterocycles. The van der Waals surface area contributed by atoms with Crippen molar-refractivity contribution in [3.8, 4) is 17.6 Å². The summed E-state index contributed by atoms with van der Waals surface area (Å²) in [6, 6.07) is 28.8. The summed E-state index contributed by atoms with van der Waals surface area (Å²) < 4.78 is 12.0. The third kappa shape index (κ3) is 6.02. The summed E-state index contributed by atoms with van der Waals surface area (Å²) in [6.45, 7) is -0.0649. The fraction of sp³-hybridized carbons (Fsp3) is 0.341. The number of esters is 1. The Morgan fingerprint density at radius 3 is 2.19 bits per heavy atom. The van der Waals surface area contributed by atoms with Gasteiger partial charge in [-0.15, -0.1) is 0 Å². The molecular weight excluding hydrogens is 682 g/mol. The van der Waals surface area contributed by atoms with E-state index in [1.165, 1.54) is 0 Å². The van der Waals surface area contributed by atoms with Crippen molar-refractivity contribution in [1.29, 1.82) is 0 Å². The number of rotatable bonds is 7. The van der Waals surface area contributed by atoms with Gasteiger partial charge in [0.15, 0.2) is 0 Å². The minimum absolute atomic E-state index is 0.0973. The van der Waals surface area contributed by atoms with Crippen LogP contribution in [0.2, 0.25) is 0 Å². The number of anilines is 1. The zero-order chi connectivity index (χ0) is 37.5.